The molecule has 0 spiro atoms. The van der Waals surface area contributed by atoms with E-state index in [1.54, 1.807) is 38.1 Å². The molecule has 0 atom stereocenters. The lowest BCUT2D eigenvalue weighted by Crippen LogP contribution is -2.16. The molecule has 0 aromatic heterocycles. The predicted octanol–water partition coefficient (Wildman–Crippen LogP) is 2.80. The van der Waals surface area contributed by atoms with Crippen LogP contribution in [0.5, 0.6) is 0 Å². The van der Waals surface area contributed by atoms with Crippen LogP contribution in [0.25, 0.3) is 0 Å². The first-order valence-electron chi connectivity index (χ1n) is 6.23. The lowest BCUT2D eigenvalue weighted by Gasteiger charge is -2.12. The van der Waals surface area contributed by atoms with Crippen molar-refractivity contribution in [2.75, 3.05) is 4.72 Å². The fraction of sp³-hybridized carbons (Fsp3) is 0.133. The molecule has 2 aromatic rings. The van der Waals surface area contributed by atoms with Gasteiger partial charge in [0.2, 0.25) is 0 Å². The predicted molar refractivity (Wildman–Crippen MR) is 80.1 cm³/mol. The van der Waals surface area contributed by atoms with Crippen LogP contribution in [0.1, 0.15) is 21.5 Å². The maximum absolute atomic E-state index is 12.4. The number of sulfonamides is 1. The molecule has 0 aliphatic heterocycles. The molecule has 0 heterocycles. The smallest absolute Gasteiger partial charge is 0.337 e. The highest BCUT2D eigenvalue weighted by atomic mass is 32.2. The third kappa shape index (κ3) is 3.22. The first-order chi connectivity index (χ1) is 9.81. The molecule has 6 heteroatoms. The summed E-state index contributed by atoms with van der Waals surface area (Å²) in [6, 6.07) is 11.0. The van der Waals surface area contributed by atoms with Crippen molar-refractivity contribution in [1.29, 1.82) is 0 Å². The Kier molecular flexibility index (Phi) is 3.99. The number of aryl methyl sites for hydroxylation is 2. The Bertz CT molecular complexity index is 797. The topological polar surface area (TPSA) is 83.5 Å². The fourth-order valence-corrected chi connectivity index (χ4v) is 3.37. The van der Waals surface area contributed by atoms with Crippen molar-refractivity contribution >= 4 is 21.7 Å². The summed E-state index contributed by atoms with van der Waals surface area (Å²) >= 11 is 0. The summed E-state index contributed by atoms with van der Waals surface area (Å²) in [5.41, 5.74) is 1.37. The standard InChI is InChI=1S/C15H15NO4S/c1-10-7-8-11(2)14(9-10)21(19,20)16-13-6-4-3-5-12(13)15(17)18/h3-9,16H,1-2H3,(H,17,18). The zero-order chi connectivity index (χ0) is 15.6. The van der Waals surface area contributed by atoms with Gasteiger partial charge in [-0.15, -0.1) is 0 Å². The number of carbonyl (C=O) groups is 1. The van der Waals surface area contributed by atoms with Crippen molar-refractivity contribution in [3.63, 3.8) is 0 Å². The summed E-state index contributed by atoms with van der Waals surface area (Å²) in [7, 11) is -3.84. The van der Waals surface area contributed by atoms with Gasteiger partial charge in [-0.05, 0) is 43.2 Å². The molecule has 0 bridgehead atoms. The molecule has 110 valence electrons. The second-order valence-corrected chi connectivity index (χ2v) is 6.38. The minimum atomic E-state index is -3.84. The lowest BCUT2D eigenvalue weighted by molar-refractivity contribution is 0.0698. The summed E-state index contributed by atoms with van der Waals surface area (Å²) in [6.45, 7) is 3.49. The van der Waals surface area contributed by atoms with Crippen LogP contribution in [-0.2, 0) is 10.0 Å². The number of benzene rings is 2. The molecule has 2 N–H and O–H groups in total. The van der Waals surface area contributed by atoms with E-state index in [0.717, 1.165) is 5.56 Å². The summed E-state index contributed by atoms with van der Waals surface area (Å²) in [5.74, 6) is -1.19. The number of anilines is 1. The third-order valence-corrected chi connectivity index (χ3v) is 4.54. The number of carboxylic acids is 1. The highest BCUT2D eigenvalue weighted by Gasteiger charge is 2.20. The van der Waals surface area contributed by atoms with E-state index < -0.39 is 16.0 Å². The molecule has 0 saturated heterocycles. The average molecular weight is 305 g/mol. The van der Waals surface area contributed by atoms with Crippen LogP contribution in [0.2, 0.25) is 0 Å². The van der Waals surface area contributed by atoms with Gasteiger partial charge < -0.3 is 5.11 Å². The van der Waals surface area contributed by atoms with Gasteiger partial charge in [-0.1, -0.05) is 24.3 Å². The number of carboxylic acid groups (broad SMARTS) is 1. The van der Waals surface area contributed by atoms with E-state index in [9.17, 15) is 13.2 Å². The molecular formula is C15H15NO4S. The molecule has 0 saturated carbocycles. The van der Waals surface area contributed by atoms with Crippen molar-refractivity contribution in [3.8, 4) is 0 Å². The molecule has 21 heavy (non-hydrogen) atoms. The molecule has 5 nitrogen and oxygen atoms in total. The molecule has 0 fully saturated rings. The molecule has 0 unspecified atom stereocenters. The minimum Gasteiger partial charge on any atom is -0.478 e. The van der Waals surface area contributed by atoms with E-state index in [-0.39, 0.29) is 16.1 Å². The largest absolute Gasteiger partial charge is 0.478 e. The van der Waals surface area contributed by atoms with Crippen molar-refractivity contribution in [1.82, 2.24) is 0 Å². The van der Waals surface area contributed by atoms with Gasteiger partial charge in [0.1, 0.15) is 0 Å². The fourth-order valence-electron chi connectivity index (χ4n) is 1.96. The number of nitrogens with one attached hydrogen (secondary N) is 1. The molecule has 0 aliphatic rings. The molecule has 0 aliphatic carbocycles. The molecule has 2 rings (SSSR count). The quantitative estimate of drug-likeness (QED) is 0.909. The Morgan fingerprint density at radius 1 is 1.10 bits per heavy atom. The number of aromatic carboxylic acids is 1. The van der Waals surface area contributed by atoms with Crippen molar-refractivity contribution in [2.24, 2.45) is 0 Å². The van der Waals surface area contributed by atoms with Crippen molar-refractivity contribution < 1.29 is 18.3 Å². The number of rotatable bonds is 4. The van der Waals surface area contributed by atoms with Gasteiger partial charge in [0.25, 0.3) is 10.0 Å². The van der Waals surface area contributed by atoms with Gasteiger partial charge in [0.05, 0.1) is 16.1 Å². The van der Waals surface area contributed by atoms with Crippen LogP contribution in [0, 0.1) is 13.8 Å². The van der Waals surface area contributed by atoms with Gasteiger partial charge in [0.15, 0.2) is 0 Å². The van der Waals surface area contributed by atoms with Gasteiger partial charge in [-0.3, -0.25) is 4.72 Å². The highest BCUT2D eigenvalue weighted by Crippen LogP contribution is 2.23. The normalized spacial score (nSPS) is 11.1. The molecule has 0 amide bonds. The summed E-state index contributed by atoms with van der Waals surface area (Å²) in [6.07, 6.45) is 0. The Labute approximate surface area is 123 Å². The molecule has 2 aromatic carbocycles. The Morgan fingerprint density at radius 2 is 1.76 bits per heavy atom. The number of para-hydroxylation sites is 1. The van der Waals surface area contributed by atoms with Crippen LogP contribution < -0.4 is 4.72 Å². The van der Waals surface area contributed by atoms with Crippen LogP contribution >= 0.6 is 0 Å². The van der Waals surface area contributed by atoms with E-state index >= 15 is 0 Å². The summed E-state index contributed by atoms with van der Waals surface area (Å²) < 4.78 is 27.2. The van der Waals surface area contributed by atoms with Crippen LogP contribution in [0.15, 0.2) is 47.4 Å². The third-order valence-electron chi connectivity index (χ3n) is 3.03. The Morgan fingerprint density at radius 3 is 2.43 bits per heavy atom. The lowest BCUT2D eigenvalue weighted by atomic mass is 10.2. The zero-order valence-electron chi connectivity index (χ0n) is 11.6. The second kappa shape index (κ2) is 5.57. The molecular weight excluding hydrogens is 290 g/mol. The first-order valence-corrected chi connectivity index (χ1v) is 7.72. The first kappa shape index (κ1) is 15.1. The van der Waals surface area contributed by atoms with Crippen molar-refractivity contribution in [3.05, 3.63) is 59.2 Å². The van der Waals surface area contributed by atoms with E-state index in [0.29, 0.717) is 5.56 Å². The van der Waals surface area contributed by atoms with Crippen molar-refractivity contribution in [2.45, 2.75) is 18.7 Å². The summed E-state index contributed by atoms with van der Waals surface area (Å²) in [4.78, 5) is 11.3. The van der Waals surface area contributed by atoms with E-state index in [2.05, 4.69) is 4.72 Å². The van der Waals surface area contributed by atoms with E-state index in [4.69, 9.17) is 5.11 Å². The van der Waals surface area contributed by atoms with E-state index in [1.165, 1.54) is 12.1 Å². The summed E-state index contributed by atoms with van der Waals surface area (Å²) in [5, 5.41) is 9.10. The second-order valence-electron chi connectivity index (χ2n) is 4.73. The average Bonchev–Trinajstić information content (AvgIpc) is 2.41. The molecule has 0 radical (unpaired) electrons. The zero-order valence-corrected chi connectivity index (χ0v) is 12.4. The van der Waals surface area contributed by atoms with Crippen LogP contribution in [0.4, 0.5) is 5.69 Å². The number of hydrogen-bond acceptors (Lipinski definition) is 3. The van der Waals surface area contributed by atoms with Crippen LogP contribution in [0.3, 0.4) is 0 Å². The SMILES string of the molecule is Cc1ccc(C)c(S(=O)(=O)Nc2ccccc2C(=O)O)c1. The number of hydrogen-bond donors (Lipinski definition) is 2. The van der Waals surface area contributed by atoms with Crippen LogP contribution in [-0.4, -0.2) is 19.5 Å². The highest BCUT2D eigenvalue weighted by molar-refractivity contribution is 7.92. The monoisotopic (exact) mass is 305 g/mol. The van der Waals surface area contributed by atoms with Gasteiger partial charge in [0, 0.05) is 0 Å². The van der Waals surface area contributed by atoms with E-state index in [1.807, 2.05) is 6.07 Å². The Hall–Kier alpha value is -2.34. The maximum atomic E-state index is 12.4. The maximum Gasteiger partial charge on any atom is 0.337 e. The van der Waals surface area contributed by atoms with Gasteiger partial charge in [-0.25, -0.2) is 13.2 Å². The van der Waals surface area contributed by atoms with Gasteiger partial charge >= 0.3 is 5.97 Å². The Balaban J connectivity index is 2.48. The van der Waals surface area contributed by atoms with Gasteiger partial charge in [-0.2, -0.15) is 0 Å². The minimum absolute atomic E-state index is 0.0471.